The highest BCUT2D eigenvalue weighted by Gasteiger charge is 2.28. The maximum atomic E-state index is 10.8. The van der Waals surface area contributed by atoms with E-state index in [1.54, 1.807) is 0 Å². The Morgan fingerprint density at radius 1 is 1.62 bits per heavy atom. The standard InChI is InChI=1S/C8H11N3O2/c9-7-5(4-2-1-3-4)6(8(12)13)10-11-7/h4H,1-3H2,(H,12,13)(H3,9,10,11). The molecule has 5 nitrogen and oxygen atoms in total. The van der Waals surface area contributed by atoms with E-state index in [4.69, 9.17) is 10.8 Å². The van der Waals surface area contributed by atoms with Crippen molar-refractivity contribution >= 4 is 11.8 Å². The molecule has 0 amide bonds. The summed E-state index contributed by atoms with van der Waals surface area (Å²) in [5.74, 6) is -0.349. The summed E-state index contributed by atoms with van der Waals surface area (Å²) in [6.45, 7) is 0. The lowest BCUT2D eigenvalue weighted by atomic mass is 9.79. The third-order valence-corrected chi connectivity index (χ3v) is 2.56. The Balaban J connectivity index is 2.39. The van der Waals surface area contributed by atoms with Crippen LogP contribution in [0.5, 0.6) is 0 Å². The molecule has 1 fully saturated rings. The van der Waals surface area contributed by atoms with Gasteiger partial charge in [-0.05, 0) is 18.8 Å². The van der Waals surface area contributed by atoms with E-state index in [9.17, 15) is 4.79 Å². The molecule has 0 atom stereocenters. The van der Waals surface area contributed by atoms with Crippen LogP contribution < -0.4 is 5.73 Å². The van der Waals surface area contributed by atoms with Gasteiger partial charge in [0.15, 0.2) is 0 Å². The van der Waals surface area contributed by atoms with Crippen molar-refractivity contribution in [2.45, 2.75) is 25.2 Å². The van der Waals surface area contributed by atoms with E-state index < -0.39 is 5.97 Å². The first kappa shape index (κ1) is 8.10. The fourth-order valence-electron chi connectivity index (χ4n) is 1.64. The van der Waals surface area contributed by atoms with Crippen LogP contribution in [0.2, 0.25) is 0 Å². The summed E-state index contributed by atoms with van der Waals surface area (Å²) in [5, 5.41) is 15.0. The largest absolute Gasteiger partial charge is 0.477 e. The molecule has 13 heavy (non-hydrogen) atoms. The fourth-order valence-corrected chi connectivity index (χ4v) is 1.64. The number of hydrogen-bond acceptors (Lipinski definition) is 3. The summed E-state index contributed by atoms with van der Waals surface area (Å²) < 4.78 is 0. The van der Waals surface area contributed by atoms with Crippen LogP contribution in [-0.4, -0.2) is 21.3 Å². The number of carbonyl (C=O) groups is 1. The molecule has 1 aliphatic carbocycles. The van der Waals surface area contributed by atoms with Crippen LogP contribution in [-0.2, 0) is 0 Å². The number of rotatable bonds is 2. The van der Waals surface area contributed by atoms with Crippen LogP contribution in [0.4, 0.5) is 5.82 Å². The zero-order valence-corrected chi connectivity index (χ0v) is 7.08. The minimum Gasteiger partial charge on any atom is -0.477 e. The van der Waals surface area contributed by atoms with E-state index >= 15 is 0 Å². The number of nitrogen functional groups attached to an aromatic ring is 1. The molecule has 0 aliphatic heterocycles. The Hall–Kier alpha value is -1.52. The van der Waals surface area contributed by atoms with Crippen molar-refractivity contribution < 1.29 is 9.90 Å². The summed E-state index contributed by atoms with van der Waals surface area (Å²) >= 11 is 0. The van der Waals surface area contributed by atoms with Gasteiger partial charge in [-0.1, -0.05) is 6.42 Å². The van der Waals surface area contributed by atoms with E-state index in [1.165, 1.54) is 0 Å². The number of aromatic amines is 1. The van der Waals surface area contributed by atoms with E-state index in [2.05, 4.69) is 10.2 Å². The average Bonchev–Trinajstić information content (AvgIpc) is 2.30. The van der Waals surface area contributed by atoms with Gasteiger partial charge in [0.2, 0.25) is 0 Å². The van der Waals surface area contributed by atoms with Crippen LogP contribution in [0, 0.1) is 0 Å². The first-order chi connectivity index (χ1) is 6.20. The van der Waals surface area contributed by atoms with Gasteiger partial charge in [-0.2, -0.15) is 5.10 Å². The van der Waals surface area contributed by atoms with Crippen molar-refractivity contribution in [3.8, 4) is 0 Å². The predicted octanol–water partition coefficient (Wildman–Crippen LogP) is 0.958. The summed E-state index contributed by atoms with van der Waals surface area (Å²) in [6.07, 6.45) is 3.18. The van der Waals surface area contributed by atoms with Crippen LogP contribution in [0.25, 0.3) is 0 Å². The number of anilines is 1. The third kappa shape index (κ3) is 1.16. The second-order valence-electron chi connectivity index (χ2n) is 3.33. The van der Waals surface area contributed by atoms with Gasteiger partial charge in [0.1, 0.15) is 11.5 Å². The Morgan fingerprint density at radius 3 is 2.77 bits per heavy atom. The topological polar surface area (TPSA) is 92.0 Å². The third-order valence-electron chi connectivity index (χ3n) is 2.56. The number of aromatic nitrogens is 2. The molecule has 4 N–H and O–H groups in total. The van der Waals surface area contributed by atoms with Gasteiger partial charge in [0, 0.05) is 5.56 Å². The second kappa shape index (κ2) is 2.76. The highest BCUT2D eigenvalue weighted by molar-refractivity contribution is 5.88. The van der Waals surface area contributed by atoms with E-state index in [1.807, 2.05) is 0 Å². The first-order valence-corrected chi connectivity index (χ1v) is 4.27. The Bertz CT molecular complexity index is 341. The molecule has 0 spiro atoms. The van der Waals surface area contributed by atoms with Gasteiger partial charge in [0.05, 0.1) is 0 Å². The molecule has 1 saturated carbocycles. The lowest BCUT2D eigenvalue weighted by Gasteiger charge is -2.25. The molecule has 0 bridgehead atoms. The Kier molecular flexibility index (Phi) is 1.72. The number of nitrogens with zero attached hydrogens (tertiary/aromatic N) is 1. The molecule has 1 aromatic heterocycles. The van der Waals surface area contributed by atoms with Crippen molar-refractivity contribution in [3.63, 3.8) is 0 Å². The number of nitrogens with two attached hydrogens (primary N) is 1. The molecule has 1 aliphatic rings. The van der Waals surface area contributed by atoms with Crippen LogP contribution in [0.15, 0.2) is 0 Å². The lowest BCUT2D eigenvalue weighted by molar-refractivity contribution is 0.0688. The van der Waals surface area contributed by atoms with Crippen molar-refractivity contribution in [2.24, 2.45) is 0 Å². The number of carboxylic acids is 1. The number of H-pyrrole nitrogens is 1. The van der Waals surface area contributed by atoms with Gasteiger partial charge < -0.3 is 10.8 Å². The monoisotopic (exact) mass is 181 g/mol. The van der Waals surface area contributed by atoms with Crippen LogP contribution >= 0.6 is 0 Å². The SMILES string of the molecule is Nc1n[nH]c(C(=O)O)c1C1CCC1. The number of nitrogens with one attached hydrogen (secondary N) is 1. The Labute approximate surface area is 74.9 Å². The summed E-state index contributed by atoms with van der Waals surface area (Å²) in [7, 11) is 0. The Morgan fingerprint density at radius 2 is 2.31 bits per heavy atom. The van der Waals surface area contributed by atoms with Crippen molar-refractivity contribution in [3.05, 3.63) is 11.3 Å². The molecule has 0 unspecified atom stereocenters. The second-order valence-corrected chi connectivity index (χ2v) is 3.33. The quantitative estimate of drug-likeness (QED) is 0.633. The van der Waals surface area contributed by atoms with Crippen molar-refractivity contribution in [1.82, 2.24) is 10.2 Å². The number of carboxylic acid groups (broad SMARTS) is 1. The molecule has 1 aromatic rings. The number of aromatic carboxylic acids is 1. The smallest absolute Gasteiger partial charge is 0.354 e. The molecule has 0 saturated heterocycles. The van der Waals surface area contributed by atoms with Gasteiger partial charge >= 0.3 is 5.97 Å². The maximum Gasteiger partial charge on any atom is 0.354 e. The minimum atomic E-state index is -0.980. The number of hydrogen-bond donors (Lipinski definition) is 3. The van der Waals surface area contributed by atoms with E-state index in [0.29, 0.717) is 17.3 Å². The van der Waals surface area contributed by atoms with E-state index in [-0.39, 0.29) is 5.69 Å². The fraction of sp³-hybridized carbons (Fsp3) is 0.500. The molecular weight excluding hydrogens is 170 g/mol. The van der Waals surface area contributed by atoms with Gasteiger partial charge in [-0.3, -0.25) is 5.10 Å². The lowest BCUT2D eigenvalue weighted by Crippen LogP contribution is -2.14. The maximum absolute atomic E-state index is 10.8. The van der Waals surface area contributed by atoms with Crippen LogP contribution in [0.1, 0.15) is 41.2 Å². The molecule has 70 valence electrons. The molecule has 1 heterocycles. The van der Waals surface area contributed by atoms with Gasteiger partial charge in [0.25, 0.3) is 0 Å². The van der Waals surface area contributed by atoms with Crippen LogP contribution in [0.3, 0.4) is 0 Å². The van der Waals surface area contributed by atoms with E-state index in [0.717, 1.165) is 19.3 Å². The molecule has 5 heteroatoms. The zero-order valence-electron chi connectivity index (χ0n) is 7.08. The highest BCUT2D eigenvalue weighted by Crippen LogP contribution is 2.39. The van der Waals surface area contributed by atoms with Gasteiger partial charge in [-0.15, -0.1) is 0 Å². The normalized spacial score (nSPS) is 16.9. The average molecular weight is 181 g/mol. The summed E-state index contributed by atoms with van der Waals surface area (Å²) in [5.41, 5.74) is 6.43. The summed E-state index contributed by atoms with van der Waals surface area (Å²) in [6, 6.07) is 0. The zero-order chi connectivity index (χ0) is 9.42. The molecule has 2 rings (SSSR count). The molecule has 0 radical (unpaired) electrons. The predicted molar refractivity (Wildman–Crippen MR) is 46.6 cm³/mol. The highest BCUT2D eigenvalue weighted by atomic mass is 16.4. The minimum absolute atomic E-state index is 0.155. The molecule has 0 aromatic carbocycles. The first-order valence-electron chi connectivity index (χ1n) is 4.27. The molecular formula is C8H11N3O2. The summed E-state index contributed by atoms with van der Waals surface area (Å²) in [4.78, 5) is 10.8. The van der Waals surface area contributed by atoms with Crippen molar-refractivity contribution in [2.75, 3.05) is 5.73 Å². The van der Waals surface area contributed by atoms with Crippen molar-refractivity contribution in [1.29, 1.82) is 0 Å². The van der Waals surface area contributed by atoms with Gasteiger partial charge in [-0.25, -0.2) is 4.79 Å².